The third-order valence-corrected chi connectivity index (χ3v) is 5.58. The first-order chi connectivity index (χ1) is 11.9. The summed E-state index contributed by atoms with van der Waals surface area (Å²) in [6, 6.07) is 5.68. The summed E-state index contributed by atoms with van der Waals surface area (Å²) in [6.45, 7) is 5.27. The van der Waals surface area contributed by atoms with Gasteiger partial charge in [-0.25, -0.2) is 4.39 Å². The summed E-state index contributed by atoms with van der Waals surface area (Å²) in [5.41, 5.74) is 6.51. The number of nitrogens with one attached hydrogen (secondary N) is 1. The Balaban J connectivity index is 0.00000338. The molecule has 26 heavy (non-hydrogen) atoms. The first kappa shape index (κ1) is 22.7. The van der Waals surface area contributed by atoms with Crippen molar-refractivity contribution in [3.8, 4) is 0 Å². The predicted octanol–water partition coefficient (Wildman–Crippen LogP) is 2.89. The molecule has 0 radical (unpaired) electrons. The molecule has 0 aromatic heterocycles. The first-order valence-corrected chi connectivity index (χ1v) is 9.63. The second kappa shape index (κ2) is 10.7. The molecule has 1 aliphatic heterocycles. The topological polar surface area (TPSA) is 75.4 Å². The molecule has 2 rings (SSSR count). The van der Waals surface area contributed by atoms with E-state index in [1.165, 1.54) is 36.0 Å². The zero-order valence-corrected chi connectivity index (χ0v) is 16.7. The Morgan fingerprint density at radius 3 is 2.62 bits per heavy atom. The lowest BCUT2D eigenvalue weighted by Gasteiger charge is -2.35. The van der Waals surface area contributed by atoms with E-state index in [4.69, 9.17) is 5.73 Å². The van der Waals surface area contributed by atoms with Gasteiger partial charge in [0, 0.05) is 24.8 Å². The Labute approximate surface area is 164 Å². The van der Waals surface area contributed by atoms with Gasteiger partial charge in [0.2, 0.25) is 11.8 Å². The van der Waals surface area contributed by atoms with E-state index in [-0.39, 0.29) is 47.1 Å². The molecule has 8 heteroatoms. The lowest BCUT2D eigenvalue weighted by atomic mass is 9.92. The first-order valence-electron chi connectivity index (χ1n) is 8.58. The third-order valence-electron chi connectivity index (χ3n) is 4.45. The van der Waals surface area contributed by atoms with Crippen molar-refractivity contribution in [3.05, 3.63) is 30.1 Å². The molecule has 0 saturated carbocycles. The number of hydrogen-bond acceptors (Lipinski definition) is 4. The minimum Gasteiger partial charge on any atom is -0.341 e. The van der Waals surface area contributed by atoms with Gasteiger partial charge in [0.05, 0.1) is 11.0 Å². The summed E-state index contributed by atoms with van der Waals surface area (Å²) in [4.78, 5) is 26.4. The number of hydrogen-bond donors (Lipinski definition) is 2. The normalized spacial score (nSPS) is 19.2. The number of benzene rings is 1. The Morgan fingerprint density at radius 2 is 2.00 bits per heavy atom. The van der Waals surface area contributed by atoms with E-state index < -0.39 is 0 Å². The van der Waals surface area contributed by atoms with E-state index >= 15 is 0 Å². The number of amides is 2. The Morgan fingerprint density at radius 1 is 1.35 bits per heavy atom. The number of halogens is 2. The van der Waals surface area contributed by atoms with Gasteiger partial charge in [-0.05, 0) is 56.9 Å². The summed E-state index contributed by atoms with van der Waals surface area (Å²) >= 11 is 1.31. The van der Waals surface area contributed by atoms with Gasteiger partial charge >= 0.3 is 0 Å². The monoisotopic (exact) mass is 403 g/mol. The van der Waals surface area contributed by atoms with Crippen LogP contribution in [0.5, 0.6) is 0 Å². The van der Waals surface area contributed by atoms with Crippen LogP contribution in [0.2, 0.25) is 0 Å². The Bertz CT molecular complexity index is 601. The van der Waals surface area contributed by atoms with E-state index in [1.807, 2.05) is 18.7 Å². The molecule has 1 heterocycles. The van der Waals surface area contributed by atoms with Crippen LogP contribution in [0.4, 0.5) is 10.1 Å². The van der Waals surface area contributed by atoms with Crippen molar-refractivity contribution in [1.29, 1.82) is 0 Å². The third kappa shape index (κ3) is 6.78. The molecule has 0 aliphatic carbocycles. The molecular formula is C18H27ClFN3O2S. The van der Waals surface area contributed by atoms with Crippen LogP contribution in [0, 0.1) is 11.7 Å². The van der Waals surface area contributed by atoms with Gasteiger partial charge in [-0.3, -0.25) is 9.59 Å². The second-order valence-electron chi connectivity index (χ2n) is 6.55. The average Bonchev–Trinajstić information content (AvgIpc) is 2.61. The Hall–Kier alpha value is -1.31. The van der Waals surface area contributed by atoms with Crippen LogP contribution in [0.3, 0.4) is 0 Å². The summed E-state index contributed by atoms with van der Waals surface area (Å²) in [5.74, 6) is 0.0256. The maximum absolute atomic E-state index is 12.9. The summed E-state index contributed by atoms with van der Waals surface area (Å²) in [6.07, 6.45) is 2.03. The summed E-state index contributed by atoms with van der Waals surface area (Å²) in [5, 5.41) is 2.41. The maximum Gasteiger partial charge on any atom is 0.235 e. The average molecular weight is 404 g/mol. The molecule has 1 aromatic rings. The number of nitrogens with two attached hydrogens (primary N) is 1. The summed E-state index contributed by atoms with van der Waals surface area (Å²) in [7, 11) is 0. The van der Waals surface area contributed by atoms with E-state index in [2.05, 4.69) is 5.32 Å². The molecule has 1 aliphatic rings. The van der Waals surface area contributed by atoms with Crippen LogP contribution in [0.15, 0.2) is 24.3 Å². The number of thioether (sulfide) groups is 1. The quantitative estimate of drug-likeness (QED) is 0.765. The SMILES string of the molecule is CC(SCC(=O)Nc1ccc(F)cc1)C(=O)N1CCCC(C(C)N)C1.Cl. The number of nitrogens with zero attached hydrogens (tertiary/aromatic N) is 1. The molecule has 0 spiro atoms. The highest BCUT2D eigenvalue weighted by atomic mass is 35.5. The number of carbonyl (C=O) groups excluding carboxylic acids is 2. The lowest BCUT2D eigenvalue weighted by Crippen LogP contribution is -2.47. The molecule has 1 aromatic carbocycles. The zero-order chi connectivity index (χ0) is 18.4. The van der Waals surface area contributed by atoms with Gasteiger partial charge < -0.3 is 16.0 Å². The minimum atomic E-state index is -0.349. The number of rotatable bonds is 6. The highest BCUT2D eigenvalue weighted by Crippen LogP contribution is 2.22. The van der Waals surface area contributed by atoms with E-state index in [9.17, 15) is 14.0 Å². The van der Waals surface area contributed by atoms with Crippen LogP contribution in [0.25, 0.3) is 0 Å². The van der Waals surface area contributed by atoms with Crippen molar-refractivity contribution in [3.63, 3.8) is 0 Å². The van der Waals surface area contributed by atoms with Gasteiger partial charge in [-0.2, -0.15) is 0 Å². The van der Waals surface area contributed by atoms with Crippen molar-refractivity contribution in [1.82, 2.24) is 4.90 Å². The van der Waals surface area contributed by atoms with Gasteiger partial charge in [-0.1, -0.05) is 0 Å². The fourth-order valence-corrected chi connectivity index (χ4v) is 3.66. The van der Waals surface area contributed by atoms with Gasteiger partial charge in [0.25, 0.3) is 0 Å². The lowest BCUT2D eigenvalue weighted by molar-refractivity contribution is -0.132. The van der Waals surface area contributed by atoms with Crippen molar-refractivity contribution < 1.29 is 14.0 Å². The fourth-order valence-electron chi connectivity index (χ4n) is 2.90. The smallest absolute Gasteiger partial charge is 0.235 e. The highest BCUT2D eigenvalue weighted by molar-refractivity contribution is 8.01. The molecule has 3 unspecified atom stereocenters. The molecule has 1 saturated heterocycles. The molecule has 5 nitrogen and oxygen atoms in total. The van der Waals surface area contributed by atoms with Crippen LogP contribution in [0.1, 0.15) is 26.7 Å². The predicted molar refractivity (Wildman–Crippen MR) is 107 cm³/mol. The molecule has 3 atom stereocenters. The van der Waals surface area contributed by atoms with Crippen molar-refractivity contribution in [2.75, 3.05) is 24.2 Å². The Kier molecular flexibility index (Phi) is 9.39. The molecule has 0 bridgehead atoms. The number of piperidine rings is 1. The highest BCUT2D eigenvalue weighted by Gasteiger charge is 2.28. The fraction of sp³-hybridized carbons (Fsp3) is 0.556. The standard InChI is InChI=1S/C18H26FN3O2S.ClH/c1-12(20)14-4-3-9-22(10-14)18(24)13(2)25-11-17(23)21-16-7-5-15(19)6-8-16;/h5-8,12-14H,3-4,9-11,20H2,1-2H3,(H,21,23);1H. The van der Waals surface area contributed by atoms with E-state index in [0.717, 1.165) is 19.4 Å². The number of carbonyl (C=O) groups is 2. The minimum absolute atomic E-state index is 0. The second-order valence-corrected chi connectivity index (χ2v) is 7.88. The molecule has 1 fully saturated rings. The van der Waals surface area contributed by atoms with Crippen LogP contribution >= 0.6 is 24.2 Å². The van der Waals surface area contributed by atoms with Gasteiger partial charge in [-0.15, -0.1) is 24.2 Å². The number of likely N-dealkylation sites (tertiary alicyclic amines) is 1. The van der Waals surface area contributed by atoms with Crippen molar-refractivity contribution in [2.45, 2.75) is 38.0 Å². The number of anilines is 1. The van der Waals surface area contributed by atoms with Crippen molar-refractivity contribution in [2.24, 2.45) is 11.7 Å². The molecular weight excluding hydrogens is 377 g/mol. The van der Waals surface area contributed by atoms with Crippen LogP contribution < -0.4 is 11.1 Å². The largest absolute Gasteiger partial charge is 0.341 e. The van der Waals surface area contributed by atoms with Gasteiger partial charge in [0.15, 0.2) is 0 Å². The van der Waals surface area contributed by atoms with E-state index in [0.29, 0.717) is 18.2 Å². The summed E-state index contributed by atoms with van der Waals surface area (Å²) < 4.78 is 12.9. The molecule has 146 valence electrons. The van der Waals surface area contributed by atoms with Crippen molar-refractivity contribution >= 4 is 41.7 Å². The van der Waals surface area contributed by atoms with Crippen LogP contribution in [-0.4, -0.2) is 46.8 Å². The van der Waals surface area contributed by atoms with E-state index in [1.54, 1.807) is 0 Å². The van der Waals surface area contributed by atoms with Gasteiger partial charge in [0.1, 0.15) is 5.82 Å². The molecule has 2 amide bonds. The molecule has 3 N–H and O–H groups in total. The maximum atomic E-state index is 12.9. The van der Waals surface area contributed by atoms with Crippen LogP contribution in [-0.2, 0) is 9.59 Å². The zero-order valence-electron chi connectivity index (χ0n) is 15.1.